The topological polar surface area (TPSA) is 20.2 Å². The standard InChI is InChI=1S/C10H15IOS/c1-6(2)7(3)10(12)8-4-9(11)13-5-8/h4-7,10,12H,1-3H3. The van der Waals surface area contributed by atoms with Crippen LogP contribution in [0, 0.1) is 14.7 Å². The minimum absolute atomic E-state index is 0.306. The van der Waals surface area contributed by atoms with Gasteiger partial charge in [-0.15, -0.1) is 11.3 Å². The second-order valence-electron chi connectivity index (χ2n) is 3.73. The number of aliphatic hydroxyl groups is 1. The van der Waals surface area contributed by atoms with Crippen molar-refractivity contribution in [1.82, 2.24) is 0 Å². The molecule has 0 saturated heterocycles. The van der Waals surface area contributed by atoms with Crippen molar-refractivity contribution in [2.75, 3.05) is 0 Å². The van der Waals surface area contributed by atoms with E-state index in [0.29, 0.717) is 11.8 Å². The highest BCUT2D eigenvalue weighted by Crippen LogP contribution is 2.30. The normalized spacial score (nSPS) is 16.2. The lowest BCUT2D eigenvalue weighted by atomic mass is 9.89. The van der Waals surface area contributed by atoms with E-state index in [1.165, 1.54) is 2.88 Å². The summed E-state index contributed by atoms with van der Waals surface area (Å²) in [5.41, 5.74) is 1.07. The largest absolute Gasteiger partial charge is 0.388 e. The van der Waals surface area contributed by atoms with Gasteiger partial charge in [-0.05, 0) is 51.4 Å². The molecule has 0 aliphatic carbocycles. The summed E-state index contributed by atoms with van der Waals surface area (Å²) in [6.45, 7) is 6.39. The third-order valence-electron chi connectivity index (χ3n) is 2.48. The van der Waals surface area contributed by atoms with Gasteiger partial charge in [0, 0.05) is 0 Å². The van der Waals surface area contributed by atoms with Crippen molar-refractivity contribution in [2.45, 2.75) is 26.9 Å². The van der Waals surface area contributed by atoms with Crippen LogP contribution in [0.3, 0.4) is 0 Å². The molecule has 0 amide bonds. The Bertz CT molecular complexity index is 270. The van der Waals surface area contributed by atoms with Gasteiger partial charge in [0.2, 0.25) is 0 Å². The fourth-order valence-corrected chi connectivity index (χ4v) is 2.55. The molecule has 2 atom stereocenters. The van der Waals surface area contributed by atoms with Crippen LogP contribution >= 0.6 is 33.9 Å². The molecule has 1 heterocycles. The Balaban J connectivity index is 2.73. The first-order valence-corrected chi connectivity index (χ1v) is 6.40. The molecule has 0 saturated carbocycles. The first kappa shape index (κ1) is 11.5. The summed E-state index contributed by atoms with van der Waals surface area (Å²) >= 11 is 3.97. The first-order chi connectivity index (χ1) is 6.02. The van der Waals surface area contributed by atoms with Gasteiger partial charge in [0.1, 0.15) is 0 Å². The smallest absolute Gasteiger partial charge is 0.0826 e. The van der Waals surface area contributed by atoms with Crippen molar-refractivity contribution in [3.63, 3.8) is 0 Å². The van der Waals surface area contributed by atoms with E-state index in [-0.39, 0.29) is 6.10 Å². The molecule has 74 valence electrons. The highest BCUT2D eigenvalue weighted by atomic mass is 127. The number of hydrogen-bond donors (Lipinski definition) is 1. The van der Waals surface area contributed by atoms with Crippen molar-refractivity contribution in [3.8, 4) is 0 Å². The lowest BCUT2D eigenvalue weighted by Gasteiger charge is -2.21. The molecule has 0 aliphatic heterocycles. The maximum Gasteiger partial charge on any atom is 0.0826 e. The predicted molar refractivity (Wildman–Crippen MR) is 66.0 cm³/mol. The van der Waals surface area contributed by atoms with Crippen LogP contribution in [0.15, 0.2) is 11.4 Å². The average molecular weight is 310 g/mol. The first-order valence-electron chi connectivity index (χ1n) is 4.44. The highest BCUT2D eigenvalue weighted by molar-refractivity contribution is 14.1. The second-order valence-corrected chi connectivity index (χ2v) is 6.54. The number of aliphatic hydroxyl groups excluding tert-OH is 1. The van der Waals surface area contributed by atoms with E-state index in [1.54, 1.807) is 11.3 Å². The molecule has 1 aromatic heterocycles. The van der Waals surface area contributed by atoms with Crippen LogP contribution < -0.4 is 0 Å². The third-order valence-corrected chi connectivity index (χ3v) is 4.29. The van der Waals surface area contributed by atoms with Crippen molar-refractivity contribution in [3.05, 3.63) is 19.9 Å². The third kappa shape index (κ3) is 2.92. The van der Waals surface area contributed by atoms with Gasteiger partial charge in [0.25, 0.3) is 0 Å². The summed E-state index contributed by atoms with van der Waals surface area (Å²) in [7, 11) is 0. The van der Waals surface area contributed by atoms with Gasteiger partial charge in [-0.1, -0.05) is 20.8 Å². The number of thiophene rings is 1. The molecule has 1 nitrogen and oxygen atoms in total. The van der Waals surface area contributed by atoms with Gasteiger partial charge in [0.05, 0.1) is 8.99 Å². The molecule has 1 N–H and O–H groups in total. The van der Waals surface area contributed by atoms with Crippen LogP contribution in [-0.4, -0.2) is 5.11 Å². The Morgan fingerprint density at radius 3 is 2.38 bits per heavy atom. The molecule has 0 aromatic carbocycles. The van der Waals surface area contributed by atoms with Gasteiger partial charge in [-0.3, -0.25) is 0 Å². The summed E-state index contributed by atoms with van der Waals surface area (Å²) in [6.07, 6.45) is -0.306. The molecular weight excluding hydrogens is 295 g/mol. The van der Waals surface area contributed by atoms with Gasteiger partial charge in [-0.2, -0.15) is 0 Å². The molecule has 0 radical (unpaired) electrons. The van der Waals surface area contributed by atoms with E-state index in [9.17, 15) is 5.11 Å². The predicted octanol–water partition coefficient (Wildman–Crippen LogP) is 3.68. The molecule has 0 spiro atoms. The molecule has 0 bridgehead atoms. The van der Waals surface area contributed by atoms with Crippen LogP contribution in [0.25, 0.3) is 0 Å². The highest BCUT2D eigenvalue weighted by Gasteiger charge is 2.20. The Morgan fingerprint density at radius 1 is 1.38 bits per heavy atom. The summed E-state index contributed by atoms with van der Waals surface area (Å²) in [6, 6.07) is 2.06. The Labute approximate surface area is 97.3 Å². The van der Waals surface area contributed by atoms with E-state index in [1.807, 2.05) is 5.38 Å². The molecule has 13 heavy (non-hydrogen) atoms. The van der Waals surface area contributed by atoms with Crippen LogP contribution in [0.4, 0.5) is 0 Å². The molecule has 1 aromatic rings. The summed E-state index contributed by atoms with van der Waals surface area (Å²) in [5, 5.41) is 12.0. The zero-order valence-corrected chi connectivity index (χ0v) is 11.1. The van der Waals surface area contributed by atoms with Gasteiger partial charge in [0.15, 0.2) is 0 Å². The molecule has 3 heteroatoms. The quantitative estimate of drug-likeness (QED) is 0.845. The van der Waals surface area contributed by atoms with Gasteiger partial charge < -0.3 is 5.11 Å². The van der Waals surface area contributed by atoms with Crippen molar-refractivity contribution >= 4 is 33.9 Å². The summed E-state index contributed by atoms with van der Waals surface area (Å²) in [4.78, 5) is 0. The lowest BCUT2D eigenvalue weighted by Crippen LogP contribution is -2.14. The number of rotatable bonds is 3. The minimum Gasteiger partial charge on any atom is -0.388 e. The van der Waals surface area contributed by atoms with Crippen molar-refractivity contribution < 1.29 is 5.11 Å². The van der Waals surface area contributed by atoms with Crippen molar-refractivity contribution in [1.29, 1.82) is 0 Å². The fraction of sp³-hybridized carbons (Fsp3) is 0.600. The van der Waals surface area contributed by atoms with E-state index in [0.717, 1.165) is 5.56 Å². The Morgan fingerprint density at radius 2 is 2.00 bits per heavy atom. The van der Waals surface area contributed by atoms with E-state index in [4.69, 9.17) is 0 Å². The molecule has 0 aliphatic rings. The van der Waals surface area contributed by atoms with E-state index in [2.05, 4.69) is 49.4 Å². The molecule has 1 rings (SSSR count). The molecule has 2 unspecified atom stereocenters. The van der Waals surface area contributed by atoms with E-state index < -0.39 is 0 Å². The van der Waals surface area contributed by atoms with Crippen LogP contribution in [-0.2, 0) is 0 Å². The maximum atomic E-state index is 9.98. The number of halogens is 1. The Hall–Kier alpha value is 0.390. The average Bonchev–Trinajstić information content (AvgIpc) is 2.49. The zero-order valence-electron chi connectivity index (χ0n) is 8.12. The minimum atomic E-state index is -0.306. The summed E-state index contributed by atoms with van der Waals surface area (Å²) < 4.78 is 1.24. The lowest BCUT2D eigenvalue weighted by molar-refractivity contribution is 0.0925. The van der Waals surface area contributed by atoms with Crippen LogP contribution in [0.5, 0.6) is 0 Å². The Kier molecular flexibility index (Phi) is 4.19. The number of hydrogen-bond acceptors (Lipinski definition) is 2. The van der Waals surface area contributed by atoms with Crippen molar-refractivity contribution in [2.24, 2.45) is 11.8 Å². The monoisotopic (exact) mass is 310 g/mol. The van der Waals surface area contributed by atoms with Crippen LogP contribution in [0.1, 0.15) is 32.4 Å². The second kappa shape index (κ2) is 4.75. The van der Waals surface area contributed by atoms with Crippen LogP contribution in [0.2, 0.25) is 0 Å². The summed E-state index contributed by atoms with van der Waals surface area (Å²) in [5.74, 6) is 0.845. The maximum absolute atomic E-state index is 9.98. The SMILES string of the molecule is CC(C)C(C)C(O)c1csc(I)c1. The molecule has 0 fully saturated rings. The fourth-order valence-electron chi connectivity index (χ4n) is 1.15. The molecular formula is C10H15IOS. The van der Waals surface area contributed by atoms with Gasteiger partial charge in [-0.25, -0.2) is 0 Å². The van der Waals surface area contributed by atoms with E-state index >= 15 is 0 Å². The zero-order chi connectivity index (χ0) is 10.0. The van der Waals surface area contributed by atoms with Gasteiger partial charge >= 0.3 is 0 Å².